The predicted molar refractivity (Wildman–Crippen MR) is 422 cm³/mol. The maximum absolute atomic E-state index is 14.7. The molecule has 0 heterocycles. The summed E-state index contributed by atoms with van der Waals surface area (Å²) >= 11 is 0. The number of unbranched alkanes of at least 4 members (excludes halogenated alkanes) is 6. The molecule has 109 heavy (non-hydrogen) atoms. The molecule has 0 bridgehead atoms. The molecule has 0 fully saturated rings. The SMILES string of the molecule is CC[C@H](C)[C@H](N)C(=O)N[C@@H](CCCCN)C(=O)N[C@@H](CCCCN)C(=O)N[C@H](C(=O)N[C@@H](CC(C)C)C(=O)N[C@@H](CO)C(=O)N[C@@H](CCCCN)C(=O)N[C@H](C(=O)N[C@@H](CCCCN)C(=O)N[C@@H](CCCCN)C(=O)N[C@@H](CC(C)C)C(=O)N[C@@H](CC(C)C)C(=O)N[C@@H](CCCCN)C(N)=O)[C@@H](C)CC)[C@@H](C)CC. The Hall–Kier alpha value is -7.21. The molecule has 0 spiro atoms. The van der Waals surface area contributed by atoms with Gasteiger partial charge in [0.1, 0.15) is 72.5 Å². The summed E-state index contributed by atoms with van der Waals surface area (Å²) in [6.45, 7) is 22.4. The number of primary amides is 1. The first-order valence-corrected chi connectivity index (χ1v) is 40.1. The first kappa shape index (κ1) is 102. The summed E-state index contributed by atoms with van der Waals surface area (Å²) in [5.74, 6) is -11.6. The Morgan fingerprint density at radius 2 is 0.468 bits per heavy atom. The van der Waals surface area contributed by atoms with Crippen molar-refractivity contribution >= 4 is 76.8 Å². The number of hydrogen-bond acceptors (Lipinski definition) is 21. The van der Waals surface area contributed by atoms with Gasteiger partial charge in [0, 0.05) is 0 Å². The molecule has 0 saturated heterocycles. The van der Waals surface area contributed by atoms with Gasteiger partial charge >= 0.3 is 0 Å². The van der Waals surface area contributed by atoms with Crippen molar-refractivity contribution in [2.24, 2.45) is 81.4 Å². The van der Waals surface area contributed by atoms with E-state index in [1.165, 1.54) is 0 Å². The van der Waals surface area contributed by atoms with Gasteiger partial charge in [0.25, 0.3) is 0 Å². The van der Waals surface area contributed by atoms with Gasteiger partial charge in [0.2, 0.25) is 76.8 Å². The molecule has 0 aromatic heterocycles. The summed E-state index contributed by atoms with van der Waals surface area (Å²) in [5, 5.41) is 43.6. The highest BCUT2D eigenvalue weighted by Gasteiger charge is 2.39. The smallest absolute Gasteiger partial charge is 0.245 e. The lowest BCUT2D eigenvalue weighted by Crippen LogP contribution is -2.62. The van der Waals surface area contributed by atoms with Crippen molar-refractivity contribution in [3.05, 3.63) is 0 Å². The van der Waals surface area contributed by atoms with Crippen molar-refractivity contribution in [2.75, 3.05) is 45.9 Å². The van der Waals surface area contributed by atoms with Crippen LogP contribution in [0.2, 0.25) is 0 Å². The van der Waals surface area contributed by atoms with E-state index in [1.54, 1.807) is 41.5 Å². The molecule has 0 aliphatic heterocycles. The Balaban J connectivity index is 7.14. The Morgan fingerprint density at radius 3 is 0.716 bits per heavy atom. The minimum atomic E-state index is -1.71. The van der Waals surface area contributed by atoms with Crippen LogP contribution in [0.1, 0.15) is 237 Å². The summed E-state index contributed by atoms with van der Waals surface area (Å²) < 4.78 is 0. The first-order valence-electron chi connectivity index (χ1n) is 40.1. The molecule has 0 aliphatic carbocycles. The average Bonchev–Trinajstić information content (AvgIpc) is 0.858. The first-order chi connectivity index (χ1) is 51.6. The summed E-state index contributed by atoms with van der Waals surface area (Å²) in [6.07, 6.45) is 7.59. The molecule has 0 aromatic rings. The van der Waals surface area contributed by atoms with Gasteiger partial charge in [0.05, 0.1) is 12.6 Å². The maximum Gasteiger partial charge on any atom is 0.245 e. The molecule has 0 radical (unpaired) electrons. The number of carbonyl (C=O) groups excluding carboxylic acids is 13. The molecule has 0 rings (SSSR count). The summed E-state index contributed by atoms with van der Waals surface area (Å²) in [4.78, 5) is 184. The molecule has 13 amide bonds. The normalized spacial score (nSPS) is 15.9. The molecule has 29 N–H and O–H groups in total. The van der Waals surface area contributed by atoms with Crippen LogP contribution in [0.4, 0.5) is 0 Å². The fourth-order valence-electron chi connectivity index (χ4n) is 12.0. The fraction of sp³-hybridized carbons (Fsp3) is 0.827. The van der Waals surface area contributed by atoms with Crippen molar-refractivity contribution in [3.8, 4) is 0 Å². The van der Waals surface area contributed by atoms with E-state index in [1.807, 2.05) is 41.5 Å². The molecule has 0 aromatic carbocycles. The van der Waals surface area contributed by atoms with Gasteiger partial charge in [-0.25, -0.2) is 0 Å². The van der Waals surface area contributed by atoms with E-state index in [2.05, 4.69) is 63.8 Å². The zero-order valence-corrected chi connectivity index (χ0v) is 67.8. The van der Waals surface area contributed by atoms with Crippen molar-refractivity contribution in [1.29, 1.82) is 0 Å². The highest BCUT2D eigenvalue weighted by molar-refractivity contribution is 6.00. The zero-order valence-electron chi connectivity index (χ0n) is 67.8. The molecule has 0 saturated carbocycles. The third kappa shape index (κ3) is 41.1. The average molecular weight is 1550 g/mol. The van der Waals surface area contributed by atoms with Crippen molar-refractivity contribution in [2.45, 2.75) is 316 Å². The van der Waals surface area contributed by atoms with E-state index in [0.717, 1.165) is 0 Å². The second kappa shape index (κ2) is 57.8. The molecular weight excluding hydrogens is 1400 g/mol. The highest BCUT2D eigenvalue weighted by Crippen LogP contribution is 2.18. The highest BCUT2D eigenvalue weighted by atomic mass is 16.3. The van der Waals surface area contributed by atoms with Crippen molar-refractivity contribution < 1.29 is 67.4 Å². The lowest BCUT2D eigenvalue weighted by atomic mass is 9.96. The van der Waals surface area contributed by atoms with Crippen LogP contribution in [0.3, 0.4) is 0 Å². The van der Waals surface area contributed by atoms with Crippen molar-refractivity contribution in [3.63, 3.8) is 0 Å². The Bertz CT molecular complexity index is 2730. The minimum Gasteiger partial charge on any atom is -0.394 e. The molecule has 34 heteroatoms. The number of carbonyl (C=O) groups is 13. The third-order valence-electron chi connectivity index (χ3n) is 19.5. The summed E-state index contributed by atoms with van der Waals surface area (Å²) in [5.41, 5.74) is 46.7. The quantitative estimate of drug-likeness (QED) is 0.0313. The molecule has 16 atom stereocenters. The topological polar surface area (TPSA) is 595 Å². The van der Waals surface area contributed by atoms with Gasteiger partial charge in [-0.2, -0.15) is 0 Å². The van der Waals surface area contributed by atoms with Gasteiger partial charge < -0.3 is 115 Å². The molecule has 34 nitrogen and oxygen atoms in total. The number of nitrogens with two attached hydrogens (primary N) is 8. The molecular formula is C75H146N20O14. The monoisotopic (exact) mass is 1550 g/mol. The van der Waals surface area contributed by atoms with Gasteiger partial charge in [0.15, 0.2) is 0 Å². The second-order valence-corrected chi connectivity index (χ2v) is 30.4. The lowest BCUT2D eigenvalue weighted by molar-refractivity contribution is -0.137. The predicted octanol–water partition coefficient (Wildman–Crippen LogP) is -1.34. The van der Waals surface area contributed by atoms with Crippen LogP contribution in [-0.2, 0) is 62.3 Å². The van der Waals surface area contributed by atoms with E-state index in [0.29, 0.717) is 116 Å². The van der Waals surface area contributed by atoms with Gasteiger partial charge in [-0.15, -0.1) is 0 Å². The second-order valence-electron chi connectivity index (χ2n) is 30.4. The number of rotatable bonds is 62. The van der Waals surface area contributed by atoms with Crippen LogP contribution < -0.4 is 110 Å². The third-order valence-corrected chi connectivity index (χ3v) is 19.5. The summed E-state index contributed by atoms with van der Waals surface area (Å²) in [7, 11) is 0. The number of hydrogen-bond donors (Lipinski definition) is 21. The number of aliphatic hydroxyl groups excluding tert-OH is 1. The van der Waals surface area contributed by atoms with E-state index >= 15 is 0 Å². The van der Waals surface area contributed by atoms with Crippen LogP contribution in [-0.4, -0.2) is 206 Å². The van der Waals surface area contributed by atoms with Crippen LogP contribution in [0.25, 0.3) is 0 Å². The Morgan fingerprint density at radius 1 is 0.266 bits per heavy atom. The minimum absolute atomic E-state index is 0.0139. The van der Waals surface area contributed by atoms with E-state index in [9.17, 15) is 67.4 Å². The fourth-order valence-corrected chi connectivity index (χ4v) is 12.0. The maximum atomic E-state index is 14.7. The van der Waals surface area contributed by atoms with Crippen LogP contribution in [0.5, 0.6) is 0 Å². The van der Waals surface area contributed by atoms with E-state index < -0.39 is 174 Å². The van der Waals surface area contributed by atoms with Crippen LogP contribution in [0, 0.1) is 35.5 Å². The number of nitrogens with one attached hydrogen (secondary N) is 12. The van der Waals surface area contributed by atoms with E-state index in [4.69, 9.17) is 45.9 Å². The zero-order chi connectivity index (χ0) is 82.9. The molecule has 0 aliphatic rings. The Kier molecular flexibility index (Phi) is 54.0. The number of amides is 13. The van der Waals surface area contributed by atoms with Gasteiger partial charge in [-0.05, 0) is 210 Å². The van der Waals surface area contributed by atoms with E-state index in [-0.39, 0.29) is 101 Å². The molecule has 0 unspecified atom stereocenters. The Labute approximate surface area is 648 Å². The molecule has 630 valence electrons. The van der Waals surface area contributed by atoms with Gasteiger partial charge in [-0.3, -0.25) is 62.3 Å². The lowest BCUT2D eigenvalue weighted by Gasteiger charge is -2.30. The van der Waals surface area contributed by atoms with Crippen LogP contribution >= 0.6 is 0 Å². The largest absolute Gasteiger partial charge is 0.394 e. The number of aliphatic hydroxyl groups is 1. The van der Waals surface area contributed by atoms with Gasteiger partial charge in [-0.1, -0.05) is 102 Å². The summed E-state index contributed by atoms with van der Waals surface area (Å²) in [6, 6.07) is -16.2. The standard InChI is InChI=1S/C75H146N20O14/c1-13-47(10)60(82)73(107)88-52(30-18-24-36-78)64(98)86-54(32-20-26-38-80)67(101)95-62(49(12)15-3)75(109)92-58(42-46(8)9)71(105)93-59(43-96)72(106)87-55(33-21-27-39-81)68(102)94-61(48(11)14-2)74(108)89-53(31-19-25-37-79)65(99)85-51(29-17-23-35-77)66(100)90-57(41-45(6)7)70(104)91-56(40-44(4)5)69(103)84-50(63(83)97)28-16-22-34-76/h44-62,96H,13-43,76-82H2,1-12H3,(H2,83,97)(H,84,103)(H,85,99)(H,86,98)(H,87,106)(H,88,107)(H,89,108)(H,90,100)(H,91,104)(H,92,109)(H,93,105)(H,94,102)(H,95,101)/t47-,48-,49-,50-,51-,52-,53-,54-,55-,56-,57-,58-,59-,60-,61-,62-/m0/s1. The van der Waals surface area contributed by atoms with Crippen LogP contribution in [0.15, 0.2) is 0 Å². The van der Waals surface area contributed by atoms with Crippen molar-refractivity contribution in [1.82, 2.24) is 63.8 Å².